The van der Waals surface area contributed by atoms with Gasteiger partial charge >= 0.3 is 12.0 Å². The number of carboxylic acids is 1. The third-order valence-corrected chi connectivity index (χ3v) is 2.91. The number of aryl methyl sites for hydroxylation is 2. The van der Waals surface area contributed by atoms with Crippen molar-refractivity contribution in [3.05, 3.63) is 11.4 Å². The smallest absolute Gasteiger partial charge is 0.324 e. The average molecular weight is 295 g/mol. The maximum Gasteiger partial charge on any atom is 0.324 e. The van der Waals surface area contributed by atoms with E-state index in [1.165, 1.54) is 4.90 Å². The summed E-state index contributed by atoms with van der Waals surface area (Å²) in [5.74, 6) is -0.853. The van der Waals surface area contributed by atoms with Gasteiger partial charge in [-0.15, -0.1) is 5.10 Å². The molecule has 116 valence electrons. The van der Waals surface area contributed by atoms with Gasteiger partial charge in [0.2, 0.25) is 0 Å². The van der Waals surface area contributed by atoms with Crippen LogP contribution in [-0.4, -0.2) is 49.3 Å². The van der Waals surface area contributed by atoms with Gasteiger partial charge in [0.25, 0.3) is 5.95 Å². The van der Waals surface area contributed by atoms with Crippen molar-refractivity contribution in [2.24, 2.45) is 0 Å². The van der Waals surface area contributed by atoms with Gasteiger partial charge in [-0.25, -0.2) is 9.78 Å². The molecule has 0 spiro atoms. The summed E-state index contributed by atoms with van der Waals surface area (Å²) in [5.41, 5.74) is 0.840. The van der Waals surface area contributed by atoms with Gasteiger partial charge in [0.05, 0.1) is 17.8 Å². The summed E-state index contributed by atoms with van der Waals surface area (Å²) in [6.07, 6.45) is -0.128. The van der Waals surface area contributed by atoms with E-state index in [0.29, 0.717) is 11.4 Å². The lowest BCUT2D eigenvalue weighted by Crippen LogP contribution is -2.48. The Morgan fingerprint density at radius 1 is 1.19 bits per heavy atom. The van der Waals surface area contributed by atoms with E-state index in [1.807, 2.05) is 20.8 Å². The number of hydrogen-bond donors (Lipinski definition) is 2. The topological polar surface area (TPSA) is 108 Å². The first kappa shape index (κ1) is 16.8. The van der Waals surface area contributed by atoms with E-state index in [0.717, 1.165) is 0 Å². The zero-order chi connectivity index (χ0) is 16.2. The Bertz CT molecular complexity index is 539. The normalized spacial score (nSPS) is 11.1. The van der Waals surface area contributed by atoms with Crippen molar-refractivity contribution in [2.45, 2.75) is 46.6 Å². The van der Waals surface area contributed by atoms with E-state index in [2.05, 4.69) is 20.5 Å². The predicted molar refractivity (Wildman–Crippen MR) is 77.0 cm³/mol. The molecule has 0 saturated carbocycles. The van der Waals surface area contributed by atoms with Gasteiger partial charge in [0.15, 0.2) is 0 Å². The Hall–Kier alpha value is -2.25. The molecule has 2 amide bonds. The number of urea groups is 1. The first-order valence-corrected chi connectivity index (χ1v) is 6.59. The third kappa shape index (κ3) is 4.97. The molecule has 0 bridgehead atoms. The summed E-state index contributed by atoms with van der Waals surface area (Å²) in [6, 6.07) is -0.450. The van der Waals surface area contributed by atoms with Gasteiger partial charge in [-0.2, -0.15) is 5.10 Å². The van der Waals surface area contributed by atoms with Crippen molar-refractivity contribution in [1.29, 1.82) is 0 Å². The van der Waals surface area contributed by atoms with E-state index in [1.54, 1.807) is 13.8 Å². The van der Waals surface area contributed by atoms with Crippen molar-refractivity contribution in [2.75, 3.05) is 11.9 Å². The van der Waals surface area contributed by atoms with Crippen molar-refractivity contribution >= 4 is 17.9 Å². The molecule has 2 N–H and O–H groups in total. The number of anilines is 1. The molecule has 0 aliphatic rings. The Labute approximate surface area is 123 Å². The highest BCUT2D eigenvalue weighted by Gasteiger charge is 2.27. The zero-order valence-electron chi connectivity index (χ0n) is 13.0. The molecule has 1 heterocycles. The first-order chi connectivity index (χ1) is 9.61. The molecule has 0 unspecified atom stereocenters. The minimum absolute atomic E-state index is 0.100. The maximum absolute atomic E-state index is 12.3. The van der Waals surface area contributed by atoms with Crippen LogP contribution in [0.15, 0.2) is 0 Å². The monoisotopic (exact) mass is 295 g/mol. The van der Waals surface area contributed by atoms with Gasteiger partial charge in [0, 0.05) is 12.1 Å². The zero-order valence-corrected chi connectivity index (χ0v) is 13.0. The number of nitrogens with one attached hydrogen (secondary N) is 1. The summed E-state index contributed by atoms with van der Waals surface area (Å²) < 4.78 is 0. The number of carboxylic acid groups (broad SMARTS) is 1. The lowest BCUT2D eigenvalue weighted by atomic mass is 10.1. The number of amides is 2. The maximum atomic E-state index is 12.3. The van der Waals surface area contributed by atoms with Crippen LogP contribution in [0.3, 0.4) is 0 Å². The van der Waals surface area contributed by atoms with Crippen LogP contribution < -0.4 is 5.32 Å². The molecular formula is C13H21N5O3. The van der Waals surface area contributed by atoms with Crippen molar-refractivity contribution in [3.63, 3.8) is 0 Å². The fourth-order valence-corrected chi connectivity index (χ4v) is 1.62. The quantitative estimate of drug-likeness (QED) is 0.873. The molecule has 1 aromatic rings. The second kappa shape index (κ2) is 6.47. The van der Waals surface area contributed by atoms with Gasteiger partial charge in [0.1, 0.15) is 0 Å². The van der Waals surface area contributed by atoms with Crippen LogP contribution in [-0.2, 0) is 4.79 Å². The van der Waals surface area contributed by atoms with Crippen LogP contribution >= 0.6 is 0 Å². The lowest BCUT2D eigenvalue weighted by Gasteiger charge is -2.35. The number of hydrogen-bond acceptors (Lipinski definition) is 5. The van der Waals surface area contributed by atoms with Gasteiger partial charge in [-0.3, -0.25) is 10.1 Å². The molecule has 0 atom stereocenters. The molecule has 1 rings (SSSR count). The summed E-state index contributed by atoms with van der Waals surface area (Å²) in [4.78, 5) is 28.5. The van der Waals surface area contributed by atoms with Crippen LogP contribution in [0.1, 0.15) is 38.6 Å². The Kier molecular flexibility index (Phi) is 5.17. The SMILES string of the molecule is Cc1nnc(NC(=O)N(CCC(=O)O)C(C)(C)C)nc1C. The minimum atomic E-state index is -0.957. The molecule has 21 heavy (non-hydrogen) atoms. The molecule has 1 aromatic heterocycles. The second-order valence-electron chi connectivity index (χ2n) is 5.70. The molecule has 0 aromatic carbocycles. The summed E-state index contributed by atoms with van der Waals surface area (Å²) in [7, 11) is 0. The van der Waals surface area contributed by atoms with E-state index >= 15 is 0 Å². The average Bonchev–Trinajstić information content (AvgIpc) is 2.32. The number of nitrogens with zero attached hydrogens (tertiary/aromatic N) is 4. The molecular weight excluding hydrogens is 274 g/mol. The number of carbonyl (C=O) groups excluding carboxylic acids is 1. The Morgan fingerprint density at radius 2 is 1.81 bits per heavy atom. The fourth-order valence-electron chi connectivity index (χ4n) is 1.62. The molecule has 8 nitrogen and oxygen atoms in total. The van der Waals surface area contributed by atoms with Gasteiger partial charge in [-0.05, 0) is 34.6 Å². The lowest BCUT2D eigenvalue weighted by molar-refractivity contribution is -0.137. The Balaban J connectivity index is 2.85. The highest BCUT2D eigenvalue weighted by molar-refractivity contribution is 5.88. The van der Waals surface area contributed by atoms with Crippen molar-refractivity contribution in [1.82, 2.24) is 20.1 Å². The fraction of sp³-hybridized carbons (Fsp3) is 0.615. The summed E-state index contributed by atoms with van der Waals surface area (Å²) in [5, 5.41) is 19.0. The van der Waals surface area contributed by atoms with E-state index in [9.17, 15) is 9.59 Å². The van der Waals surface area contributed by atoms with Crippen molar-refractivity contribution < 1.29 is 14.7 Å². The largest absolute Gasteiger partial charge is 0.481 e. The van der Waals surface area contributed by atoms with E-state index in [4.69, 9.17) is 5.11 Å². The predicted octanol–water partition coefficient (Wildman–Crippen LogP) is 1.60. The third-order valence-electron chi connectivity index (χ3n) is 2.91. The molecule has 0 fully saturated rings. The van der Waals surface area contributed by atoms with Crippen molar-refractivity contribution in [3.8, 4) is 0 Å². The number of carbonyl (C=O) groups is 2. The molecule has 0 aliphatic heterocycles. The van der Waals surface area contributed by atoms with Gasteiger partial charge < -0.3 is 10.0 Å². The van der Waals surface area contributed by atoms with E-state index in [-0.39, 0.29) is 18.9 Å². The van der Waals surface area contributed by atoms with Gasteiger partial charge in [-0.1, -0.05) is 0 Å². The van der Waals surface area contributed by atoms with E-state index < -0.39 is 17.5 Å². The molecule has 0 aliphatic carbocycles. The number of aromatic nitrogens is 3. The van der Waals surface area contributed by atoms with Crippen LogP contribution in [0.2, 0.25) is 0 Å². The van der Waals surface area contributed by atoms with Crippen LogP contribution in [0.5, 0.6) is 0 Å². The van der Waals surface area contributed by atoms with Crippen LogP contribution in [0.4, 0.5) is 10.7 Å². The van der Waals surface area contributed by atoms with Crippen LogP contribution in [0, 0.1) is 13.8 Å². The summed E-state index contributed by atoms with van der Waals surface area (Å²) in [6.45, 7) is 9.12. The molecule has 8 heteroatoms. The Morgan fingerprint density at radius 3 is 2.29 bits per heavy atom. The standard InChI is InChI=1S/C13H21N5O3/c1-8-9(2)16-17-11(14-8)15-12(21)18(13(3,4)5)7-6-10(19)20/h6-7H2,1-5H3,(H,19,20)(H,14,15,17,21). The minimum Gasteiger partial charge on any atom is -0.481 e. The highest BCUT2D eigenvalue weighted by Crippen LogP contribution is 2.15. The number of aliphatic carboxylic acids is 1. The molecule has 0 saturated heterocycles. The van der Waals surface area contributed by atoms with Crippen LogP contribution in [0.25, 0.3) is 0 Å². The first-order valence-electron chi connectivity index (χ1n) is 6.59. The molecule has 0 radical (unpaired) electrons. The summed E-state index contributed by atoms with van der Waals surface area (Å²) >= 11 is 0. The second-order valence-corrected chi connectivity index (χ2v) is 5.70. The number of rotatable bonds is 4. The highest BCUT2D eigenvalue weighted by atomic mass is 16.4.